The molecule has 2 aromatic heterocycles. The fourth-order valence-electron chi connectivity index (χ4n) is 3.36. The molecule has 2 aromatic carbocycles. The molecule has 2 heterocycles. The van der Waals surface area contributed by atoms with E-state index in [1.165, 1.54) is 24.3 Å². The molecule has 0 radical (unpaired) electrons. The first-order valence-corrected chi connectivity index (χ1v) is 10.2. The highest BCUT2D eigenvalue weighted by molar-refractivity contribution is 6.03. The molecule has 176 valence electrons. The van der Waals surface area contributed by atoms with E-state index in [4.69, 9.17) is 19.4 Å². The van der Waals surface area contributed by atoms with Gasteiger partial charge in [0.15, 0.2) is 11.5 Å². The van der Waals surface area contributed by atoms with Crippen molar-refractivity contribution in [1.29, 1.82) is 0 Å². The first kappa shape index (κ1) is 23.0. The molecule has 0 atom stereocenters. The monoisotopic (exact) mass is 471 g/mol. The number of furan rings is 1. The van der Waals surface area contributed by atoms with Gasteiger partial charge in [-0.1, -0.05) is 29.4 Å². The van der Waals surface area contributed by atoms with E-state index in [1.54, 1.807) is 7.11 Å². The Labute approximate surface area is 192 Å². The molecule has 1 amide bonds. The third-order valence-corrected chi connectivity index (χ3v) is 5.12. The SMILES string of the molecule is COc1ccc(CCNC(=O)c2c(-c3ccc(-c4cccc(C(F)(F)F)c4)o3)noc2N)cc1. The van der Waals surface area contributed by atoms with Crippen molar-refractivity contribution in [3.8, 4) is 28.5 Å². The highest BCUT2D eigenvalue weighted by Crippen LogP contribution is 2.35. The van der Waals surface area contributed by atoms with E-state index < -0.39 is 17.6 Å². The van der Waals surface area contributed by atoms with E-state index in [0.29, 0.717) is 13.0 Å². The number of hydrogen-bond acceptors (Lipinski definition) is 6. The highest BCUT2D eigenvalue weighted by Gasteiger charge is 2.31. The standard InChI is InChI=1S/C24H20F3N3O4/c1-32-17-7-5-14(6-8-17)11-12-29-23(31)20-21(30-34-22(20)28)19-10-9-18(33-19)15-3-2-4-16(13-15)24(25,26)27/h2-10,13H,11-12,28H2,1H3,(H,29,31). The van der Waals surface area contributed by atoms with Gasteiger partial charge >= 0.3 is 6.18 Å². The van der Waals surface area contributed by atoms with Gasteiger partial charge in [-0.15, -0.1) is 0 Å². The molecule has 34 heavy (non-hydrogen) atoms. The van der Waals surface area contributed by atoms with Crippen LogP contribution in [0.4, 0.5) is 19.1 Å². The summed E-state index contributed by atoms with van der Waals surface area (Å²) in [7, 11) is 1.58. The third kappa shape index (κ3) is 4.90. The van der Waals surface area contributed by atoms with Crippen LogP contribution >= 0.6 is 0 Å². The number of nitrogens with one attached hydrogen (secondary N) is 1. The summed E-state index contributed by atoms with van der Waals surface area (Å²) in [6.07, 6.45) is -3.92. The molecule has 0 unspecified atom stereocenters. The van der Waals surface area contributed by atoms with Crippen LogP contribution in [-0.4, -0.2) is 24.7 Å². The number of nitrogens with zero attached hydrogens (tertiary/aromatic N) is 1. The zero-order valence-electron chi connectivity index (χ0n) is 18.0. The molecule has 10 heteroatoms. The minimum absolute atomic E-state index is 0.0142. The fourth-order valence-corrected chi connectivity index (χ4v) is 3.36. The number of anilines is 1. The number of alkyl halides is 3. The number of ether oxygens (including phenoxy) is 1. The Kier molecular flexibility index (Phi) is 6.31. The second kappa shape index (κ2) is 9.34. The molecule has 0 saturated carbocycles. The lowest BCUT2D eigenvalue weighted by molar-refractivity contribution is -0.137. The summed E-state index contributed by atoms with van der Waals surface area (Å²) in [5.74, 6) is 0.326. The number of benzene rings is 2. The van der Waals surface area contributed by atoms with Crippen molar-refractivity contribution >= 4 is 11.8 Å². The number of halogens is 3. The molecule has 0 aliphatic rings. The maximum Gasteiger partial charge on any atom is 0.416 e. The molecule has 0 bridgehead atoms. The lowest BCUT2D eigenvalue weighted by atomic mass is 10.1. The third-order valence-electron chi connectivity index (χ3n) is 5.12. The quantitative estimate of drug-likeness (QED) is 0.385. The van der Waals surface area contributed by atoms with Crippen LogP contribution in [0.15, 0.2) is 69.6 Å². The number of carbonyl (C=O) groups is 1. The largest absolute Gasteiger partial charge is 0.497 e. The number of methoxy groups -OCH3 is 1. The number of rotatable bonds is 7. The zero-order valence-corrected chi connectivity index (χ0v) is 18.0. The molecule has 4 aromatic rings. The van der Waals surface area contributed by atoms with Gasteiger partial charge in [0.05, 0.1) is 12.7 Å². The van der Waals surface area contributed by atoms with Gasteiger partial charge in [0.1, 0.15) is 17.1 Å². The average Bonchev–Trinajstić information content (AvgIpc) is 3.46. The molecular weight excluding hydrogens is 451 g/mol. The van der Waals surface area contributed by atoms with Crippen LogP contribution in [0, 0.1) is 0 Å². The summed E-state index contributed by atoms with van der Waals surface area (Å²) in [6.45, 7) is 0.322. The van der Waals surface area contributed by atoms with Gasteiger partial charge in [-0.05, 0) is 48.4 Å². The Morgan fingerprint density at radius 2 is 1.82 bits per heavy atom. The Hall–Kier alpha value is -4.21. The molecule has 4 rings (SSSR count). The second-order valence-corrected chi connectivity index (χ2v) is 7.37. The van der Waals surface area contributed by atoms with Crippen molar-refractivity contribution in [3.05, 3.63) is 77.4 Å². The molecule has 0 spiro atoms. The van der Waals surface area contributed by atoms with E-state index >= 15 is 0 Å². The van der Waals surface area contributed by atoms with E-state index in [1.807, 2.05) is 24.3 Å². The molecule has 0 fully saturated rings. The molecular formula is C24H20F3N3O4. The normalized spacial score (nSPS) is 11.4. The number of carbonyl (C=O) groups excluding carboxylic acids is 1. The molecule has 0 saturated heterocycles. The smallest absolute Gasteiger partial charge is 0.416 e. The Bertz CT molecular complexity index is 1290. The van der Waals surface area contributed by atoms with Gasteiger partial charge in [-0.2, -0.15) is 13.2 Å². The van der Waals surface area contributed by atoms with Crippen LogP contribution in [0.25, 0.3) is 22.8 Å². The van der Waals surface area contributed by atoms with Gasteiger partial charge in [0.25, 0.3) is 5.91 Å². The van der Waals surface area contributed by atoms with Crippen LogP contribution in [0.2, 0.25) is 0 Å². The maximum absolute atomic E-state index is 13.0. The molecule has 7 nitrogen and oxygen atoms in total. The molecule has 3 N–H and O–H groups in total. The van der Waals surface area contributed by atoms with Crippen molar-refractivity contribution in [1.82, 2.24) is 10.5 Å². The van der Waals surface area contributed by atoms with Crippen LogP contribution < -0.4 is 15.8 Å². The topological polar surface area (TPSA) is 104 Å². The Morgan fingerprint density at radius 3 is 2.53 bits per heavy atom. The van der Waals surface area contributed by atoms with E-state index in [2.05, 4.69) is 10.5 Å². The van der Waals surface area contributed by atoms with Gasteiger partial charge in [0, 0.05) is 12.1 Å². The predicted molar refractivity (Wildman–Crippen MR) is 118 cm³/mol. The minimum Gasteiger partial charge on any atom is -0.497 e. The Morgan fingerprint density at radius 1 is 1.09 bits per heavy atom. The maximum atomic E-state index is 13.0. The fraction of sp³-hybridized carbons (Fsp3) is 0.167. The van der Waals surface area contributed by atoms with Gasteiger partial charge in [0.2, 0.25) is 5.88 Å². The number of hydrogen-bond donors (Lipinski definition) is 2. The van der Waals surface area contributed by atoms with Gasteiger partial charge in [-0.3, -0.25) is 4.79 Å². The summed E-state index contributed by atoms with van der Waals surface area (Å²) < 4.78 is 54.9. The number of amides is 1. The lowest BCUT2D eigenvalue weighted by Gasteiger charge is -2.07. The Balaban J connectivity index is 1.49. The van der Waals surface area contributed by atoms with Crippen LogP contribution in [0.3, 0.4) is 0 Å². The van der Waals surface area contributed by atoms with E-state index in [-0.39, 0.29) is 34.2 Å². The van der Waals surface area contributed by atoms with Gasteiger partial charge < -0.3 is 24.7 Å². The number of nitrogen functional groups attached to an aromatic ring is 1. The zero-order chi connectivity index (χ0) is 24.3. The number of nitrogens with two attached hydrogens (primary N) is 1. The summed E-state index contributed by atoms with van der Waals surface area (Å²) in [5.41, 5.74) is 6.27. The lowest BCUT2D eigenvalue weighted by Crippen LogP contribution is -2.26. The van der Waals surface area contributed by atoms with Crippen molar-refractivity contribution < 1.29 is 31.6 Å². The van der Waals surface area contributed by atoms with Crippen LogP contribution in [-0.2, 0) is 12.6 Å². The van der Waals surface area contributed by atoms with Crippen LogP contribution in [0.5, 0.6) is 5.75 Å². The van der Waals surface area contributed by atoms with E-state index in [9.17, 15) is 18.0 Å². The van der Waals surface area contributed by atoms with E-state index in [0.717, 1.165) is 23.4 Å². The van der Waals surface area contributed by atoms with Crippen molar-refractivity contribution in [2.24, 2.45) is 0 Å². The molecule has 0 aliphatic heterocycles. The van der Waals surface area contributed by atoms with Gasteiger partial charge in [-0.25, -0.2) is 0 Å². The summed E-state index contributed by atoms with van der Waals surface area (Å²) in [5, 5.41) is 6.57. The van der Waals surface area contributed by atoms with Crippen molar-refractivity contribution in [2.45, 2.75) is 12.6 Å². The molecule has 0 aliphatic carbocycles. The first-order chi connectivity index (χ1) is 16.3. The number of aromatic nitrogens is 1. The second-order valence-electron chi connectivity index (χ2n) is 7.37. The van der Waals surface area contributed by atoms with Crippen molar-refractivity contribution in [2.75, 3.05) is 19.4 Å². The average molecular weight is 471 g/mol. The van der Waals surface area contributed by atoms with Crippen LogP contribution in [0.1, 0.15) is 21.5 Å². The summed E-state index contributed by atoms with van der Waals surface area (Å²) in [4.78, 5) is 12.8. The summed E-state index contributed by atoms with van der Waals surface area (Å²) >= 11 is 0. The predicted octanol–water partition coefficient (Wildman–Crippen LogP) is 5.18. The van der Waals surface area contributed by atoms with Crippen molar-refractivity contribution in [3.63, 3.8) is 0 Å². The highest BCUT2D eigenvalue weighted by atomic mass is 19.4. The first-order valence-electron chi connectivity index (χ1n) is 10.2. The minimum atomic E-state index is -4.48. The summed E-state index contributed by atoms with van der Waals surface area (Å²) in [6, 6.07) is 15.1.